The van der Waals surface area contributed by atoms with E-state index in [0.29, 0.717) is 30.2 Å². The van der Waals surface area contributed by atoms with Gasteiger partial charge in [0.25, 0.3) is 5.91 Å². The summed E-state index contributed by atoms with van der Waals surface area (Å²) in [6, 6.07) is 6.52. The highest BCUT2D eigenvalue weighted by Crippen LogP contribution is 2.34. The summed E-state index contributed by atoms with van der Waals surface area (Å²) in [7, 11) is 0. The van der Waals surface area contributed by atoms with Crippen molar-refractivity contribution in [3.8, 4) is 16.9 Å². The summed E-state index contributed by atoms with van der Waals surface area (Å²) in [6.45, 7) is 3.92. The smallest absolute Gasteiger partial charge is 0.268 e. The van der Waals surface area contributed by atoms with Crippen molar-refractivity contribution in [3.63, 3.8) is 0 Å². The van der Waals surface area contributed by atoms with E-state index in [9.17, 15) is 9.18 Å². The molecule has 2 aliphatic heterocycles. The maximum Gasteiger partial charge on any atom is 0.268 e. The summed E-state index contributed by atoms with van der Waals surface area (Å²) in [6.07, 6.45) is 4.95. The third kappa shape index (κ3) is 3.21. The Kier molecular flexibility index (Phi) is 4.68. The molecule has 2 aliphatic rings. The lowest BCUT2D eigenvalue weighted by Gasteiger charge is -2.25. The first kappa shape index (κ1) is 17.1. The SMILES string of the molecule is CCC1CNC(=O)c2cc(-c3cc(F)ccc3OCC3CCCO3)cn21. The summed E-state index contributed by atoms with van der Waals surface area (Å²) in [5.41, 5.74) is 2.05. The molecule has 0 saturated carbocycles. The Balaban J connectivity index is 1.66. The average Bonchev–Trinajstić information content (AvgIpc) is 3.31. The first-order valence-corrected chi connectivity index (χ1v) is 9.20. The molecule has 26 heavy (non-hydrogen) atoms. The number of hydrogen-bond acceptors (Lipinski definition) is 3. The predicted octanol–water partition coefficient (Wildman–Crippen LogP) is 3.55. The molecule has 1 amide bonds. The lowest BCUT2D eigenvalue weighted by atomic mass is 10.1. The zero-order valence-corrected chi connectivity index (χ0v) is 14.8. The molecule has 138 valence electrons. The number of carbonyl (C=O) groups excluding carboxylic acids is 1. The molecule has 1 N–H and O–H groups in total. The van der Waals surface area contributed by atoms with Crippen LogP contribution >= 0.6 is 0 Å². The molecule has 2 unspecified atom stereocenters. The number of carbonyl (C=O) groups is 1. The van der Waals surface area contributed by atoms with Gasteiger partial charge in [-0.05, 0) is 43.5 Å². The molecule has 0 bridgehead atoms. The van der Waals surface area contributed by atoms with E-state index >= 15 is 0 Å². The molecule has 0 radical (unpaired) electrons. The molecule has 5 nitrogen and oxygen atoms in total. The van der Waals surface area contributed by atoms with Gasteiger partial charge in [-0.2, -0.15) is 0 Å². The minimum atomic E-state index is -0.329. The van der Waals surface area contributed by atoms with Crippen LogP contribution in [0.1, 0.15) is 42.7 Å². The van der Waals surface area contributed by atoms with Gasteiger partial charge in [0.05, 0.1) is 12.1 Å². The summed E-state index contributed by atoms with van der Waals surface area (Å²) < 4.78 is 27.4. The number of amides is 1. The summed E-state index contributed by atoms with van der Waals surface area (Å²) in [5, 5.41) is 2.91. The Morgan fingerprint density at radius 1 is 1.38 bits per heavy atom. The van der Waals surface area contributed by atoms with E-state index in [1.165, 1.54) is 12.1 Å². The molecule has 0 aliphatic carbocycles. The van der Waals surface area contributed by atoms with Gasteiger partial charge in [-0.25, -0.2) is 4.39 Å². The van der Waals surface area contributed by atoms with E-state index in [2.05, 4.69) is 12.2 Å². The van der Waals surface area contributed by atoms with Crippen LogP contribution in [0.4, 0.5) is 4.39 Å². The minimum Gasteiger partial charge on any atom is -0.490 e. The number of fused-ring (bicyclic) bond motifs is 1. The van der Waals surface area contributed by atoms with E-state index in [1.54, 1.807) is 6.07 Å². The van der Waals surface area contributed by atoms with Crippen molar-refractivity contribution in [2.75, 3.05) is 19.8 Å². The van der Waals surface area contributed by atoms with Crippen LogP contribution in [0.5, 0.6) is 5.75 Å². The van der Waals surface area contributed by atoms with Crippen molar-refractivity contribution in [2.45, 2.75) is 38.3 Å². The van der Waals surface area contributed by atoms with Gasteiger partial charge in [0.2, 0.25) is 0 Å². The van der Waals surface area contributed by atoms with E-state index in [0.717, 1.165) is 31.4 Å². The van der Waals surface area contributed by atoms with Gasteiger partial charge in [-0.15, -0.1) is 0 Å². The molecule has 4 rings (SSSR count). The second-order valence-corrected chi connectivity index (χ2v) is 6.88. The van der Waals surface area contributed by atoms with E-state index in [-0.39, 0.29) is 23.9 Å². The van der Waals surface area contributed by atoms with Crippen molar-refractivity contribution in [2.24, 2.45) is 0 Å². The van der Waals surface area contributed by atoms with Crippen molar-refractivity contribution >= 4 is 5.91 Å². The fourth-order valence-electron chi connectivity index (χ4n) is 3.66. The van der Waals surface area contributed by atoms with Crippen molar-refractivity contribution < 1.29 is 18.7 Å². The standard InChI is InChI=1S/C20H23FN2O3/c1-2-15-10-22-20(24)18-8-13(11-23(15)18)17-9-14(21)5-6-19(17)26-12-16-4-3-7-25-16/h5-6,8-9,11,15-16H,2-4,7,10,12H2,1H3,(H,22,24). The highest BCUT2D eigenvalue weighted by Gasteiger charge is 2.26. The minimum absolute atomic E-state index is 0.0883. The fourth-order valence-corrected chi connectivity index (χ4v) is 3.66. The Hall–Kier alpha value is -2.34. The van der Waals surface area contributed by atoms with Crippen molar-refractivity contribution in [3.05, 3.63) is 42.0 Å². The molecular weight excluding hydrogens is 335 g/mol. The van der Waals surface area contributed by atoms with E-state index < -0.39 is 0 Å². The molecule has 1 aromatic carbocycles. The topological polar surface area (TPSA) is 52.5 Å². The number of nitrogens with one attached hydrogen (secondary N) is 1. The van der Waals surface area contributed by atoms with Crippen molar-refractivity contribution in [1.29, 1.82) is 0 Å². The van der Waals surface area contributed by atoms with Crippen LogP contribution in [-0.4, -0.2) is 36.3 Å². The molecule has 6 heteroatoms. The first-order chi connectivity index (χ1) is 12.7. The molecule has 0 spiro atoms. The van der Waals surface area contributed by atoms with Crippen LogP contribution < -0.4 is 10.1 Å². The number of nitrogens with zero attached hydrogens (tertiary/aromatic N) is 1. The maximum atomic E-state index is 13.9. The molecular formula is C20H23FN2O3. The van der Waals surface area contributed by atoms with Crippen LogP contribution in [0.25, 0.3) is 11.1 Å². The summed E-state index contributed by atoms with van der Waals surface area (Å²) in [4.78, 5) is 12.2. The zero-order chi connectivity index (χ0) is 18.1. The van der Waals surface area contributed by atoms with Crippen LogP contribution in [0.15, 0.2) is 30.5 Å². The number of benzene rings is 1. The second kappa shape index (κ2) is 7.11. The number of rotatable bonds is 5. The van der Waals surface area contributed by atoms with Crippen LogP contribution in [0.3, 0.4) is 0 Å². The summed E-state index contributed by atoms with van der Waals surface area (Å²) in [5.74, 6) is 0.183. The quantitative estimate of drug-likeness (QED) is 0.889. The Bertz CT molecular complexity index is 811. The predicted molar refractivity (Wildman–Crippen MR) is 96.0 cm³/mol. The van der Waals surface area contributed by atoms with Crippen LogP contribution in [0.2, 0.25) is 0 Å². The average molecular weight is 358 g/mol. The molecule has 2 aromatic rings. The molecule has 3 heterocycles. The molecule has 2 atom stereocenters. The van der Waals surface area contributed by atoms with Crippen molar-refractivity contribution in [1.82, 2.24) is 9.88 Å². The normalized spacial score (nSPS) is 22.2. The zero-order valence-electron chi connectivity index (χ0n) is 14.8. The Labute approximate surface area is 152 Å². The highest BCUT2D eigenvalue weighted by molar-refractivity contribution is 5.95. The largest absolute Gasteiger partial charge is 0.490 e. The van der Waals surface area contributed by atoms with Gasteiger partial charge in [0.1, 0.15) is 23.9 Å². The van der Waals surface area contributed by atoms with E-state index in [4.69, 9.17) is 9.47 Å². The van der Waals surface area contributed by atoms with Crippen LogP contribution in [-0.2, 0) is 4.74 Å². The van der Waals surface area contributed by atoms with Gasteiger partial charge >= 0.3 is 0 Å². The number of hydrogen-bond donors (Lipinski definition) is 1. The van der Waals surface area contributed by atoms with Gasteiger partial charge in [-0.1, -0.05) is 6.92 Å². The number of aromatic nitrogens is 1. The van der Waals surface area contributed by atoms with Gasteiger partial charge < -0.3 is 19.4 Å². The third-order valence-electron chi connectivity index (χ3n) is 5.15. The summed E-state index contributed by atoms with van der Waals surface area (Å²) >= 11 is 0. The second-order valence-electron chi connectivity index (χ2n) is 6.88. The van der Waals surface area contributed by atoms with Gasteiger partial charge in [0.15, 0.2) is 0 Å². The van der Waals surface area contributed by atoms with Crippen LogP contribution in [0, 0.1) is 5.82 Å². The third-order valence-corrected chi connectivity index (χ3v) is 5.15. The lowest BCUT2D eigenvalue weighted by molar-refractivity contribution is 0.0681. The number of halogens is 1. The molecule has 1 aromatic heterocycles. The maximum absolute atomic E-state index is 13.9. The Morgan fingerprint density at radius 3 is 3.04 bits per heavy atom. The lowest BCUT2D eigenvalue weighted by Crippen LogP contribution is -2.38. The molecule has 1 fully saturated rings. The van der Waals surface area contributed by atoms with Gasteiger partial charge in [-0.3, -0.25) is 4.79 Å². The fraction of sp³-hybridized carbons (Fsp3) is 0.450. The highest BCUT2D eigenvalue weighted by atomic mass is 19.1. The first-order valence-electron chi connectivity index (χ1n) is 9.20. The monoisotopic (exact) mass is 358 g/mol. The van der Waals surface area contributed by atoms with Gasteiger partial charge in [0, 0.05) is 30.5 Å². The molecule has 1 saturated heterocycles. The number of ether oxygens (including phenoxy) is 2. The van der Waals surface area contributed by atoms with E-state index in [1.807, 2.05) is 16.8 Å². The Morgan fingerprint density at radius 2 is 2.27 bits per heavy atom.